The molecule has 0 bridgehead atoms. The Kier molecular flexibility index (Phi) is 16.1. The Morgan fingerprint density at radius 2 is 1.55 bits per heavy atom. The molecule has 0 spiro atoms. The van der Waals surface area contributed by atoms with Crippen molar-refractivity contribution < 1.29 is 38.2 Å². The lowest BCUT2D eigenvalue weighted by Crippen LogP contribution is -2.57. The summed E-state index contributed by atoms with van der Waals surface area (Å²) in [5, 5.41) is 2.90. The first-order valence-electron chi connectivity index (χ1n) is 19.2. The van der Waals surface area contributed by atoms with Gasteiger partial charge in [-0.3, -0.25) is 19.2 Å². The number of nitrogens with zero attached hydrogens (tertiary/aromatic N) is 3. The number of carbonyl (C=O) groups is 6. The van der Waals surface area contributed by atoms with Crippen LogP contribution in [0.3, 0.4) is 0 Å². The van der Waals surface area contributed by atoms with Crippen LogP contribution in [-0.2, 0) is 44.7 Å². The SMILES string of the molecule is C=CCCC[C@@H]1OC(=O)[C@H]([C@@H](C)CC)N(C)C(=O)[C@@H]2CCCN2C(=O)[C@H](C(C)C)OC(=O)[C@H](Cc2ccccc2)N(C)C(=O)[C@H](C(C)C)NC(=O)[C@H]1C. The number of hydrogen-bond acceptors (Lipinski definition) is 8. The summed E-state index contributed by atoms with van der Waals surface area (Å²) in [6.45, 7) is 16.6. The minimum atomic E-state index is -1.24. The number of cyclic esters (lactones) is 2. The van der Waals surface area contributed by atoms with Gasteiger partial charge in [-0.2, -0.15) is 0 Å². The van der Waals surface area contributed by atoms with Crippen molar-refractivity contribution in [2.75, 3.05) is 20.6 Å². The minimum absolute atomic E-state index is 0.101. The van der Waals surface area contributed by atoms with E-state index in [9.17, 15) is 28.8 Å². The van der Waals surface area contributed by atoms with Crippen molar-refractivity contribution in [1.29, 1.82) is 0 Å². The zero-order valence-corrected chi connectivity index (χ0v) is 33.2. The average Bonchev–Trinajstić information content (AvgIpc) is 3.63. The number of hydrogen-bond donors (Lipinski definition) is 1. The summed E-state index contributed by atoms with van der Waals surface area (Å²) in [6.07, 6.45) is 2.82. The normalized spacial score (nSPS) is 27.8. The summed E-state index contributed by atoms with van der Waals surface area (Å²) < 4.78 is 12.2. The fourth-order valence-corrected chi connectivity index (χ4v) is 7.14. The third-order valence-electron chi connectivity index (χ3n) is 10.8. The van der Waals surface area contributed by atoms with Crippen LogP contribution in [0.1, 0.15) is 92.6 Å². The maximum Gasteiger partial charge on any atom is 0.329 e. The molecule has 1 N–H and O–H groups in total. The molecule has 0 unspecified atom stereocenters. The van der Waals surface area contributed by atoms with Crippen molar-refractivity contribution in [2.24, 2.45) is 23.7 Å². The van der Waals surface area contributed by atoms with E-state index in [1.165, 1.54) is 21.7 Å². The van der Waals surface area contributed by atoms with Gasteiger partial charge in [0.05, 0.1) is 5.92 Å². The van der Waals surface area contributed by atoms with E-state index in [0.29, 0.717) is 38.5 Å². The van der Waals surface area contributed by atoms with Gasteiger partial charge in [-0.25, -0.2) is 9.59 Å². The number of likely N-dealkylation sites (N-methyl/N-ethyl adjacent to an activating group) is 2. The molecule has 0 aliphatic carbocycles. The Morgan fingerprint density at radius 3 is 2.13 bits per heavy atom. The highest BCUT2D eigenvalue weighted by Gasteiger charge is 2.45. The van der Waals surface area contributed by atoms with E-state index in [1.807, 2.05) is 44.2 Å². The second-order valence-electron chi connectivity index (χ2n) is 15.4. The molecule has 0 radical (unpaired) electrons. The Balaban J connectivity index is 2.18. The molecule has 4 amide bonds. The van der Waals surface area contributed by atoms with Gasteiger partial charge < -0.3 is 29.5 Å². The quantitative estimate of drug-likeness (QED) is 0.210. The molecule has 12 nitrogen and oxygen atoms in total. The molecule has 8 atom stereocenters. The van der Waals surface area contributed by atoms with Crippen LogP contribution in [0, 0.1) is 23.7 Å². The number of fused-ring (bicyclic) bond motifs is 1. The first kappa shape index (κ1) is 43.2. The molecular formula is C41H62N4O8. The van der Waals surface area contributed by atoms with Crippen molar-refractivity contribution in [3.8, 4) is 0 Å². The number of nitrogens with one attached hydrogen (secondary N) is 1. The number of esters is 2. The van der Waals surface area contributed by atoms with E-state index in [-0.39, 0.29) is 24.8 Å². The molecule has 2 fully saturated rings. The predicted octanol–water partition coefficient (Wildman–Crippen LogP) is 4.55. The summed E-state index contributed by atoms with van der Waals surface area (Å²) >= 11 is 0. The number of amides is 4. The summed E-state index contributed by atoms with van der Waals surface area (Å²) in [4.78, 5) is 89.3. The maximum absolute atomic E-state index is 14.3. The molecule has 294 valence electrons. The standard InChI is InChI=1S/C41H62N4O8/c1-11-13-15-22-32-28(8)36(46)42-33(25(3)4)38(48)43(9)31(24-29-19-16-14-17-20-29)40(50)53-35(26(5)6)39(49)45-23-18-21-30(45)37(47)44(10)34(27(7)12-2)41(51)52-32/h11,14,16-17,19-20,25-28,30-35H,1,12-13,15,18,21-24H2,2-10H3,(H,42,46)/t27-,28-,30-,31-,32-,33-,34-,35-/m0/s1. The molecule has 3 rings (SSSR count). The fraction of sp³-hybridized carbons (Fsp3) is 0.659. The van der Waals surface area contributed by atoms with Gasteiger partial charge in [-0.05, 0) is 55.4 Å². The second kappa shape index (κ2) is 19.7. The van der Waals surface area contributed by atoms with Crippen LogP contribution in [0.15, 0.2) is 43.0 Å². The van der Waals surface area contributed by atoms with Crippen LogP contribution in [0.5, 0.6) is 0 Å². The lowest BCUT2D eigenvalue weighted by Gasteiger charge is -2.37. The molecule has 2 saturated heterocycles. The Hall–Kier alpha value is -4.22. The van der Waals surface area contributed by atoms with E-state index in [4.69, 9.17) is 9.47 Å². The van der Waals surface area contributed by atoms with Crippen molar-refractivity contribution in [3.05, 3.63) is 48.6 Å². The Labute approximate surface area is 316 Å². The highest BCUT2D eigenvalue weighted by molar-refractivity contribution is 5.95. The summed E-state index contributed by atoms with van der Waals surface area (Å²) in [5.74, 6) is -5.32. The molecule has 12 heteroatoms. The van der Waals surface area contributed by atoms with E-state index in [2.05, 4.69) is 11.9 Å². The van der Waals surface area contributed by atoms with E-state index in [0.717, 1.165) is 5.56 Å². The highest BCUT2D eigenvalue weighted by atomic mass is 16.6. The maximum atomic E-state index is 14.3. The molecule has 0 saturated carbocycles. The van der Waals surface area contributed by atoms with Gasteiger partial charge in [-0.1, -0.05) is 91.3 Å². The summed E-state index contributed by atoms with van der Waals surface area (Å²) in [6, 6.07) is 5.16. The molecule has 53 heavy (non-hydrogen) atoms. The van der Waals surface area contributed by atoms with Crippen LogP contribution in [0.2, 0.25) is 0 Å². The number of unbranched alkanes of at least 4 members (excludes halogenated alkanes) is 1. The summed E-state index contributed by atoms with van der Waals surface area (Å²) in [7, 11) is 3.05. The summed E-state index contributed by atoms with van der Waals surface area (Å²) in [5.41, 5.74) is 0.770. The Bertz CT molecular complexity index is 1450. The smallest absolute Gasteiger partial charge is 0.329 e. The molecule has 2 heterocycles. The lowest BCUT2D eigenvalue weighted by molar-refractivity contribution is -0.171. The second-order valence-corrected chi connectivity index (χ2v) is 15.4. The van der Waals surface area contributed by atoms with Crippen molar-refractivity contribution in [2.45, 2.75) is 130 Å². The molecular weight excluding hydrogens is 676 g/mol. The first-order chi connectivity index (χ1) is 25.0. The topological polar surface area (TPSA) is 143 Å². The molecule has 0 aromatic heterocycles. The number of benzene rings is 1. The predicted molar refractivity (Wildman–Crippen MR) is 202 cm³/mol. The zero-order valence-electron chi connectivity index (χ0n) is 33.2. The van der Waals surface area contributed by atoms with Gasteiger partial charge in [0.1, 0.15) is 30.3 Å². The van der Waals surface area contributed by atoms with Gasteiger partial charge in [-0.15, -0.1) is 6.58 Å². The van der Waals surface area contributed by atoms with Gasteiger partial charge in [0.15, 0.2) is 6.10 Å². The molecule has 2 aliphatic heterocycles. The van der Waals surface area contributed by atoms with E-state index >= 15 is 0 Å². The van der Waals surface area contributed by atoms with E-state index in [1.54, 1.807) is 47.7 Å². The number of ether oxygens (including phenoxy) is 2. The third kappa shape index (κ3) is 10.7. The first-order valence-corrected chi connectivity index (χ1v) is 19.2. The van der Waals surface area contributed by atoms with E-state index < -0.39 is 83.8 Å². The van der Waals surface area contributed by atoms with Crippen LogP contribution in [0.4, 0.5) is 0 Å². The largest absolute Gasteiger partial charge is 0.460 e. The molecule has 1 aromatic rings. The van der Waals surface area contributed by atoms with Gasteiger partial charge in [0, 0.05) is 27.1 Å². The number of carbonyl (C=O) groups excluding carboxylic acids is 6. The van der Waals surface area contributed by atoms with Gasteiger partial charge >= 0.3 is 11.9 Å². The lowest BCUT2D eigenvalue weighted by atomic mass is 9.94. The van der Waals surface area contributed by atoms with Gasteiger partial charge in [0.2, 0.25) is 17.7 Å². The Morgan fingerprint density at radius 1 is 0.887 bits per heavy atom. The van der Waals surface area contributed by atoms with Crippen molar-refractivity contribution >= 4 is 35.6 Å². The van der Waals surface area contributed by atoms with Crippen LogP contribution < -0.4 is 5.32 Å². The fourth-order valence-electron chi connectivity index (χ4n) is 7.14. The van der Waals surface area contributed by atoms with Crippen molar-refractivity contribution in [3.63, 3.8) is 0 Å². The number of rotatable bonds is 10. The monoisotopic (exact) mass is 738 g/mol. The highest BCUT2D eigenvalue weighted by Crippen LogP contribution is 2.28. The molecule has 1 aromatic carbocycles. The zero-order chi connectivity index (χ0) is 39.6. The van der Waals surface area contributed by atoms with Crippen LogP contribution in [0.25, 0.3) is 0 Å². The number of allylic oxidation sites excluding steroid dienone is 1. The minimum Gasteiger partial charge on any atom is -0.460 e. The van der Waals surface area contributed by atoms with Gasteiger partial charge in [0.25, 0.3) is 5.91 Å². The average molecular weight is 739 g/mol. The van der Waals surface area contributed by atoms with Crippen molar-refractivity contribution in [1.82, 2.24) is 20.0 Å². The third-order valence-corrected chi connectivity index (χ3v) is 10.8. The van der Waals surface area contributed by atoms with Crippen LogP contribution in [-0.4, -0.2) is 107 Å². The van der Waals surface area contributed by atoms with Crippen LogP contribution >= 0.6 is 0 Å². The molecule has 2 aliphatic rings.